The van der Waals surface area contributed by atoms with Crippen molar-refractivity contribution in [3.63, 3.8) is 0 Å². The highest BCUT2D eigenvalue weighted by Gasteiger charge is 2.39. The van der Waals surface area contributed by atoms with Gasteiger partial charge in [0.05, 0.1) is 11.8 Å². The summed E-state index contributed by atoms with van der Waals surface area (Å²) in [6.45, 7) is 3.89. The van der Waals surface area contributed by atoms with Gasteiger partial charge in [0.15, 0.2) is 7.14 Å². The molecule has 0 spiro atoms. The van der Waals surface area contributed by atoms with E-state index in [9.17, 15) is 9.67 Å². The summed E-state index contributed by atoms with van der Waals surface area (Å²) in [6.07, 6.45) is 0.725. The van der Waals surface area contributed by atoms with Crippen LogP contribution in [0.4, 0.5) is 0 Å². The van der Waals surface area contributed by atoms with Gasteiger partial charge in [-0.3, -0.25) is 0 Å². The highest BCUT2D eigenvalue weighted by atomic mass is 31.2. The molecule has 3 aromatic carbocycles. The molecule has 0 aromatic heterocycles. The van der Waals surface area contributed by atoms with Crippen LogP contribution in [0.15, 0.2) is 104 Å². The summed E-state index contributed by atoms with van der Waals surface area (Å²) in [5, 5.41) is 12.4. The van der Waals surface area contributed by atoms with Crippen molar-refractivity contribution < 1.29 is 9.67 Å². The summed E-state index contributed by atoms with van der Waals surface area (Å²) in [4.78, 5) is 0. The summed E-state index contributed by atoms with van der Waals surface area (Å²) in [6, 6.07) is 28.1. The monoisotopic (exact) mass is 348 g/mol. The average molecular weight is 348 g/mol. The van der Waals surface area contributed by atoms with E-state index in [0.717, 1.165) is 16.2 Å². The molecule has 0 aliphatic carbocycles. The van der Waals surface area contributed by atoms with E-state index in [2.05, 4.69) is 6.58 Å². The first-order valence-corrected chi connectivity index (χ1v) is 10.0. The van der Waals surface area contributed by atoms with Crippen LogP contribution in [-0.2, 0) is 4.57 Å². The van der Waals surface area contributed by atoms with Crippen molar-refractivity contribution in [1.82, 2.24) is 0 Å². The van der Waals surface area contributed by atoms with Crippen LogP contribution in [0.5, 0.6) is 0 Å². The fourth-order valence-electron chi connectivity index (χ4n) is 3.12. The minimum Gasteiger partial charge on any atom is -0.387 e. The SMILES string of the molecule is C=C[C@@H]([C@@H](O)c1ccccc1)P(=O)(c1ccccc1)c1ccccc1. The number of aliphatic hydroxyl groups excluding tert-OH is 1. The minimum absolute atomic E-state index is 0.611. The Balaban J connectivity index is 2.17. The molecule has 0 saturated heterocycles. The quantitative estimate of drug-likeness (QED) is 0.533. The normalized spacial score (nSPS) is 13.8. The summed E-state index contributed by atoms with van der Waals surface area (Å²) >= 11 is 0. The van der Waals surface area contributed by atoms with Crippen molar-refractivity contribution in [1.29, 1.82) is 0 Å². The van der Waals surface area contributed by atoms with Crippen LogP contribution in [0, 0.1) is 0 Å². The van der Waals surface area contributed by atoms with E-state index in [1.54, 1.807) is 6.08 Å². The predicted octanol–water partition coefficient (Wildman–Crippen LogP) is 4.29. The fourth-order valence-corrected chi connectivity index (χ4v) is 6.20. The molecule has 0 unspecified atom stereocenters. The minimum atomic E-state index is -3.12. The third-order valence-corrected chi connectivity index (χ3v) is 7.87. The molecule has 0 aliphatic heterocycles. The lowest BCUT2D eigenvalue weighted by atomic mass is 10.1. The Morgan fingerprint density at radius 1 is 0.760 bits per heavy atom. The first-order valence-electron chi connectivity index (χ1n) is 8.24. The van der Waals surface area contributed by atoms with Crippen molar-refractivity contribution in [3.05, 3.63) is 109 Å². The Labute approximate surface area is 148 Å². The Hall–Kier alpha value is -2.41. The van der Waals surface area contributed by atoms with Crippen LogP contribution < -0.4 is 10.6 Å². The maximum absolute atomic E-state index is 14.3. The van der Waals surface area contributed by atoms with Gasteiger partial charge in [-0.05, 0) is 5.56 Å². The van der Waals surface area contributed by atoms with E-state index in [1.165, 1.54) is 0 Å². The first-order chi connectivity index (χ1) is 12.2. The molecule has 0 saturated carbocycles. The topological polar surface area (TPSA) is 37.3 Å². The molecule has 0 fully saturated rings. The van der Waals surface area contributed by atoms with Gasteiger partial charge in [-0.1, -0.05) is 97.1 Å². The van der Waals surface area contributed by atoms with Gasteiger partial charge in [0.1, 0.15) is 0 Å². The largest absolute Gasteiger partial charge is 0.387 e. The van der Waals surface area contributed by atoms with E-state index in [0.29, 0.717) is 0 Å². The highest BCUT2D eigenvalue weighted by Crippen LogP contribution is 2.53. The molecular weight excluding hydrogens is 327 g/mol. The molecule has 1 N–H and O–H groups in total. The van der Waals surface area contributed by atoms with Gasteiger partial charge in [-0.15, -0.1) is 6.58 Å². The molecule has 0 radical (unpaired) electrons. The molecule has 2 nitrogen and oxygen atoms in total. The molecule has 0 amide bonds. The van der Waals surface area contributed by atoms with Gasteiger partial charge in [-0.25, -0.2) is 0 Å². The summed E-state index contributed by atoms with van der Waals surface area (Å²) in [5.74, 6) is 0. The number of aliphatic hydroxyl groups is 1. The maximum Gasteiger partial charge on any atom is 0.152 e. The van der Waals surface area contributed by atoms with Gasteiger partial charge < -0.3 is 9.67 Å². The lowest BCUT2D eigenvalue weighted by Gasteiger charge is -2.30. The van der Waals surface area contributed by atoms with Crippen LogP contribution in [-0.4, -0.2) is 10.8 Å². The molecule has 0 aliphatic rings. The third kappa shape index (κ3) is 3.37. The Bertz CT molecular complexity index is 817. The Kier molecular flexibility index (Phi) is 5.33. The predicted molar refractivity (Wildman–Crippen MR) is 105 cm³/mol. The van der Waals surface area contributed by atoms with Crippen molar-refractivity contribution >= 4 is 17.8 Å². The smallest absolute Gasteiger partial charge is 0.152 e. The second-order valence-electron chi connectivity index (χ2n) is 5.91. The molecule has 3 aromatic rings. The number of rotatable bonds is 6. The standard InChI is InChI=1S/C22H21O2P/c1-2-21(22(23)18-12-6-3-7-13-18)25(24,19-14-8-4-9-15-19)20-16-10-5-11-17-20/h2-17,21-23H,1H2/t21-,22-/m0/s1. The summed E-state index contributed by atoms with van der Waals surface area (Å²) in [7, 11) is -3.12. The molecule has 0 bridgehead atoms. The second kappa shape index (κ2) is 7.65. The van der Waals surface area contributed by atoms with E-state index < -0.39 is 18.9 Å². The van der Waals surface area contributed by atoms with Gasteiger partial charge in [0.2, 0.25) is 0 Å². The lowest BCUT2D eigenvalue weighted by molar-refractivity contribution is 0.184. The van der Waals surface area contributed by atoms with Crippen LogP contribution in [0.25, 0.3) is 0 Å². The van der Waals surface area contributed by atoms with Gasteiger partial charge >= 0.3 is 0 Å². The molecular formula is C22H21O2P. The fraction of sp³-hybridized carbons (Fsp3) is 0.0909. The summed E-state index contributed by atoms with van der Waals surface area (Å²) in [5.41, 5.74) is 0.124. The van der Waals surface area contributed by atoms with Crippen LogP contribution in [0.2, 0.25) is 0 Å². The molecule has 25 heavy (non-hydrogen) atoms. The Morgan fingerprint density at radius 2 is 1.16 bits per heavy atom. The second-order valence-corrected chi connectivity index (χ2v) is 8.86. The number of benzene rings is 3. The molecule has 2 atom stereocenters. The van der Waals surface area contributed by atoms with Crippen molar-refractivity contribution in [2.45, 2.75) is 11.8 Å². The van der Waals surface area contributed by atoms with Gasteiger partial charge in [0.25, 0.3) is 0 Å². The average Bonchev–Trinajstić information content (AvgIpc) is 2.70. The van der Waals surface area contributed by atoms with Crippen LogP contribution in [0.3, 0.4) is 0 Å². The van der Waals surface area contributed by atoms with E-state index >= 15 is 0 Å². The number of hydrogen-bond donors (Lipinski definition) is 1. The zero-order chi connectivity index (χ0) is 17.7. The van der Waals surface area contributed by atoms with E-state index in [1.807, 2.05) is 91.0 Å². The molecule has 126 valence electrons. The van der Waals surface area contributed by atoms with Crippen LogP contribution >= 0.6 is 7.14 Å². The Morgan fingerprint density at radius 3 is 1.56 bits per heavy atom. The molecule has 0 heterocycles. The molecule has 3 heteroatoms. The zero-order valence-corrected chi connectivity index (χ0v) is 14.8. The van der Waals surface area contributed by atoms with Crippen molar-refractivity contribution in [3.8, 4) is 0 Å². The van der Waals surface area contributed by atoms with E-state index in [4.69, 9.17) is 0 Å². The zero-order valence-electron chi connectivity index (χ0n) is 13.9. The van der Waals surface area contributed by atoms with Gasteiger partial charge in [-0.2, -0.15) is 0 Å². The molecule has 3 rings (SSSR count). The highest BCUT2D eigenvalue weighted by molar-refractivity contribution is 7.79. The van der Waals surface area contributed by atoms with Gasteiger partial charge in [0, 0.05) is 10.6 Å². The summed E-state index contributed by atoms with van der Waals surface area (Å²) < 4.78 is 14.3. The van der Waals surface area contributed by atoms with Crippen molar-refractivity contribution in [2.75, 3.05) is 0 Å². The third-order valence-electron chi connectivity index (χ3n) is 4.41. The van der Waals surface area contributed by atoms with Crippen molar-refractivity contribution in [2.24, 2.45) is 0 Å². The maximum atomic E-state index is 14.3. The first kappa shape index (κ1) is 17.4. The number of hydrogen-bond acceptors (Lipinski definition) is 2. The lowest BCUT2D eigenvalue weighted by Crippen LogP contribution is -2.29. The van der Waals surface area contributed by atoms with Crippen LogP contribution in [0.1, 0.15) is 11.7 Å². The van der Waals surface area contributed by atoms with E-state index in [-0.39, 0.29) is 0 Å².